The molecule has 3 saturated carbocycles. The largest absolute Gasteiger partial charge is 0.481 e. The number of carboxylic acid groups (broad SMARTS) is 1. The number of carbonyl (C=O) groups excluding carboxylic acids is 1. The van der Waals surface area contributed by atoms with Crippen molar-refractivity contribution in [3.8, 4) is 0 Å². The molecule has 0 aromatic heterocycles. The standard InChI is InChI=1S/C36H54O11/c1-17-9-12-36(31(45)47-29-27(41)26(40)25(39)21(16-37)46-29)14-13-33(4)19(24(36)18(17)2)7-8-22-32(3)15-20(38)28(42)35(6,30(43)44)23(32)10-11-34(22,33)5/h7,17,20-23,25-29,37-42H,8-16H2,1-6H3,(H,43,44)/t17-,20?,21-,22?,23?,25-,26+,27-,28+,29+,32-,33-,34-,35-,36+/m1/s1. The maximum atomic E-state index is 14.4. The second-order valence-corrected chi connectivity index (χ2v) is 16.7. The first-order valence-electron chi connectivity index (χ1n) is 17.4. The van der Waals surface area contributed by atoms with Crippen LogP contribution in [-0.4, -0.2) is 97.2 Å². The summed E-state index contributed by atoms with van der Waals surface area (Å²) in [5.41, 5.74) is -0.557. The van der Waals surface area contributed by atoms with Crippen LogP contribution in [0.25, 0.3) is 0 Å². The molecule has 4 fully saturated rings. The lowest BCUT2D eigenvalue weighted by atomic mass is 9.34. The van der Waals surface area contributed by atoms with Gasteiger partial charge in [0.2, 0.25) is 6.29 Å². The summed E-state index contributed by atoms with van der Waals surface area (Å²) < 4.78 is 11.5. The van der Waals surface area contributed by atoms with Gasteiger partial charge in [0.15, 0.2) is 0 Å². The molecule has 15 atom stereocenters. The highest BCUT2D eigenvalue weighted by atomic mass is 16.7. The number of hydrogen-bond acceptors (Lipinski definition) is 10. The van der Waals surface area contributed by atoms with Crippen LogP contribution < -0.4 is 0 Å². The van der Waals surface area contributed by atoms with E-state index in [0.29, 0.717) is 38.5 Å². The van der Waals surface area contributed by atoms with Gasteiger partial charge in [-0.1, -0.05) is 39.3 Å². The molecule has 1 saturated heterocycles. The SMILES string of the molecule is CC1=C2C3=CCC4[C@@]5(C)CC(O)[C@H](O)[C@](C)(C(=O)O)C5CC[C@@]4(C)[C@]3(C)CC[C@@]2(C(=O)O[C@@H]2O[C@H](CO)[C@@H](O)[C@H](O)[C@H]2O)CC[C@H]1C. The van der Waals surface area contributed by atoms with Gasteiger partial charge in [-0.25, -0.2) is 0 Å². The summed E-state index contributed by atoms with van der Waals surface area (Å²) in [5, 5.41) is 73.5. The van der Waals surface area contributed by atoms with Gasteiger partial charge in [0.25, 0.3) is 0 Å². The van der Waals surface area contributed by atoms with E-state index in [4.69, 9.17) is 9.47 Å². The smallest absolute Gasteiger partial charge is 0.318 e. The van der Waals surface area contributed by atoms with Crippen molar-refractivity contribution >= 4 is 11.9 Å². The molecule has 11 heteroatoms. The van der Waals surface area contributed by atoms with Crippen molar-refractivity contribution in [3.05, 3.63) is 22.8 Å². The van der Waals surface area contributed by atoms with Gasteiger partial charge in [0.05, 0.1) is 29.6 Å². The number of carbonyl (C=O) groups is 2. The number of rotatable bonds is 4. The average molecular weight is 663 g/mol. The number of aliphatic hydroxyl groups excluding tert-OH is 6. The van der Waals surface area contributed by atoms with Gasteiger partial charge in [-0.3, -0.25) is 9.59 Å². The molecule has 6 rings (SSSR count). The monoisotopic (exact) mass is 662 g/mol. The second-order valence-electron chi connectivity index (χ2n) is 16.7. The van der Waals surface area contributed by atoms with Gasteiger partial charge in [0.1, 0.15) is 24.4 Å². The third-order valence-corrected chi connectivity index (χ3v) is 14.9. The van der Waals surface area contributed by atoms with Crippen molar-refractivity contribution in [1.82, 2.24) is 0 Å². The summed E-state index contributed by atoms with van der Waals surface area (Å²) in [5.74, 6) is -1.73. The van der Waals surface area contributed by atoms with Crippen molar-refractivity contribution in [2.75, 3.05) is 6.61 Å². The minimum absolute atomic E-state index is 0.0267. The number of allylic oxidation sites excluding steroid dienone is 3. The van der Waals surface area contributed by atoms with Crippen LogP contribution in [-0.2, 0) is 19.1 Å². The quantitative estimate of drug-likeness (QED) is 0.219. The summed E-state index contributed by atoms with van der Waals surface area (Å²) in [6, 6.07) is 0. The van der Waals surface area contributed by atoms with E-state index >= 15 is 0 Å². The van der Waals surface area contributed by atoms with Crippen LogP contribution in [0.1, 0.15) is 92.9 Å². The fourth-order valence-electron chi connectivity index (χ4n) is 11.7. The normalized spacial score (nSPS) is 52.7. The third kappa shape index (κ3) is 4.49. The molecular weight excluding hydrogens is 608 g/mol. The molecule has 0 amide bonds. The zero-order valence-corrected chi connectivity index (χ0v) is 28.5. The first-order valence-corrected chi connectivity index (χ1v) is 17.4. The Bertz CT molecular complexity index is 1370. The first-order chi connectivity index (χ1) is 21.8. The Morgan fingerprint density at radius 1 is 0.936 bits per heavy atom. The highest BCUT2D eigenvalue weighted by Crippen LogP contribution is 2.75. The molecule has 6 aliphatic rings. The fourth-order valence-corrected chi connectivity index (χ4v) is 11.7. The second kappa shape index (κ2) is 11.3. The van der Waals surface area contributed by atoms with Crippen LogP contribution in [0.15, 0.2) is 22.8 Å². The Labute approximate surface area is 276 Å². The topological polar surface area (TPSA) is 194 Å². The van der Waals surface area contributed by atoms with Crippen LogP contribution in [0.5, 0.6) is 0 Å². The molecule has 1 aliphatic heterocycles. The van der Waals surface area contributed by atoms with E-state index in [-0.39, 0.29) is 28.6 Å². The summed E-state index contributed by atoms with van der Waals surface area (Å²) in [6.07, 6.45) is -3.23. The van der Waals surface area contributed by atoms with E-state index in [1.54, 1.807) is 6.92 Å². The predicted octanol–water partition coefficient (Wildman–Crippen LogP) is 2.45. The molecule has 5 aliphatic carbocycles. The molecular formula is C36H54O11. The molecule has 0 bridgehead atoms. The van der Waals surface area contributed by atoms with Gasteiger partial charge in [0, 0.05) is 0 Å². The Morgan fingerprint density at radius 3 is 2.26 bits per heavy atom. The Kier molecular flexibility index (Phi) is 8.43. The fraction of sp³-hybridized carbons (Fsp3) is 0.833. The van der Waals surface area contributed by atoms with Crippen molar-refractivity contribution in [2.24, 2.45) is 44.8 Å². The van der Waals surface area contributed by atoms with Crippen molar-refractivity contribution in [3.63, 3.8) is 0 Å². The minimum Gasteiger partial charge on any atom is -0.481 e. The maximum absolute atomic E-state index is 14.4. The van der Waals surface area contributed by atoms with E-state index < -0.39 is 77.7 Å². The van der Waals surface area contributed by atoms with Crippen LogP contribution in [0, 0.1) is 44.8 Å². The summed E-state index contributed by atoms with van der Waals surface area (Å²) in [6.45, 7) is 11.9. The molecule has 0 radical (unpaired) electrons. The van der Waals surface area contributed by atoms with E-state index in [9.17, 15) is 45.3 Å². The van der Waals surface area contributed by atoms with Gasteiger partial charge < -0.3 is 45.2 Å². The van der Waals surface area contributed by atoms with Gasteiger partial charge in [-0.15, -0.1) is 0 Å². The summed E-state index contributed by atoms with van der Waals surface area (Å²) >= 11 is 0. The number of hydrogen-bond donors (Lipinski definition) is 7. The number of carboxylic acids is 1. The highest BCUT2D eigenvalue weighted by molar-refractivity contribution is 5.84. The summed E-state index contributed by atoms with van der Waals surface area (Å²) in [7, 11) is 0. The maximum Gasteiger partial charge on any atom is 0.318 e. The number of ether oxygens (including phenoxy) is 2. The minimum atomic E-state index is -1.69. The van der Waals surface area contributed by atoms with E-state index in [2.05, 4.69) is 40.7 Å². The Morgan fingerprint density at radius 2 is 1.62 bits per heavy atom. The molecule has 264 valence electrons. The molecule has 3 unspecified atom stereocenters. The Balaban J connectivity index is 1.40. The molecule has 1 heterocycles. The molecule has 0 aromatic rings. The van der Waals surface area contributed by atoms with Crippen molar-refractivity contribution < 1.29 is 54.8 Å². The predicted molar refractivity (Wildman–Crippen MR) is 168 cm³/mol. The summed E-state index contributed by atoms with van der Waals surface area (Å²) in [4.78, 5) is 27.1. The van der Waals surface area contributed by atoms with E-state index in [1.807, 2.05) is 0 Å². The average Bonchev–Trinajstić information content (AvgIpc) is 3.02. The Hall–Kier alpha value is -1.86. The van der Waals surface area contributed by atoms with E-state index in [0.717, 1.165) is 29.6 Å². The lowest BCUT2D eigenvalue weighted by molar-refractivity contribution is -0.295. The molecule has 0 spiro atoms. The third-order valence-electron chi connectivity index (χ3n) is 14.9. The molecule has 11 nitrogen and oxygen atoms in total. The zero-order chi connectivity index (χ0) is 34.6. The van der Waals surface area contributed by atoms with Crippen LogP contribution >= 0.6 is 0 Å². The highest BCUT2D eigenvalue weighted by Gasteiger charge is 2.71. The number of fused-ring (bicyclic) bond motifs is 7. The lowest BCUT2D eigenvalue weighted by Gasteiger charge is -2.70. The zero-order valence-electron chi connectivity index (χ0n) is 28.5. The van der Waals surface area contributed by atoms with E-state index in [1.165, 1.54) is 0 Å². The molecule has 0 aromatic carbocycles. The molecule has 7 N–H and O–H groups in total. The number of aliphatic hydroxyl groups is 6. The van der Waals surface area contributed by atoms with Crippen molar-refractivity contribution in [2.45, 2.75) is 136 Å². The van der Waals surface area contributed by atoms with Crippen LogP contribution in [0.4, 0.5) is 0 Å². The number of aliphatic carboxylic acids is 1. The van der Waals surface area contributed by atoms with Crippen LogP contribution in [0.2, 0.25) is 0 Å². The van der Waals surface area contributed by atoms with Gasteiger partial charge in [-0.2, -0.15) is 0 Å². The lowest BCUT2D eigenvalue weighted by Crippen LogP contribution is -2.68. The van der Waals surface area contributed by atoms with Gasteiger partial charge >= 0.3 is 11.9 Å². The molecule has 47 heavy (non-hydrogen) atoms. The number of esters is 1. The van der Waals surface area contributed by atoms with Crippen LogP contribution in [0.3, 0.4) is 0 Å². The first kappa shape index (κ1) is 35.0. The van der Waals surface area contributed by atoms with Gasteiger partial charge in [-0.05, 0) is 110 Å². The van der Waals surface area contributed by atoms with Crippen molar-refractivity contribution in [1.29, 1.82) is 0 Å².